The van der Waals surface area contributed by atoms with Gasteiger partial charge in [-0.05, 0) is 42.0 Å². The van der Waals surface area contributed by atoms with E-state index in [0.29, 0.717) is 34.7 Å². The predicted octanol–water partition coefficient (Wildman–Crippen LogP) is 4.84. The number of carbonyl (C=O) groups is 1. The van der Waals surface area contributed by atoms with Crippen molar-refractivity contribution in [1.82, 2.24) is 15.3 Å². The normalized spacial score (nSPS) is 25.0. The summed E-state index contributed by atoms with van der Waals surface area (Å²) in [5.74, 6) is -0.0843. The molecule has 0 saturated heterocycles. The minimum absolute atomic E-state index is 0.0402. The van der Waals surface area contributed by atoms with Crippen molar-refractivity contribution >= 4 is 34.2 Å². The van der Waals surface area contributed by atoms with Crippen LogP contribution < -0.4 is 5.32 Å². The van der Waals surface area contributed by atoms with Crippen LogP contribution in [0.5, 0.6) is 0 Å². The molecule has 8 heteroatoms. The average Bonchev–Trinajstić information content (AvgIpc) is 3.06. The van der Waals surface area contributed by atoms with E-state index in [1.54, 1.807) is 18.2 Å². The van der Waals surface area contributed by atoms with E-state index in [2.05, 4.69) is 26.1 Å². The zero-order chi connectivity index (χ0) is 22.9. The van der Waals surface area contributed by atoms with Crippen molar-refractivity contribution in [2.24, 2.45) is 5.41 Å². The molecule has 7 nitrogen and oxygen atoms in total. The molecule has 2 atom stereocenters. The smallest absolute Gasteiger partial charge is 0.271 e. The molecule has 1 aromatic heterocycles. The lowest BCUT2D eigenvalue weighted by atomic mass is 9.63. The summed E-state index contributed by atoms with van der Waals surface area (Å²) < 4.78 is 0. The maximum atomic E-state index is 13.8. The fourth-order valence-corrected chi connectivity index (χ4v) is 5.77. The molecular weight excluding hydrogens is 428 g/mol. The van der Waals surface area contributed by atoms with Crippen LogP contribution in [-0.2, 0) is 22.2 Å². The summed E-state index contributed by atoms with van der Waals surface area (Å²) in [5.41, 5.74) is 1.85. The standard InChI is InChI=1S/C24H23ClN4O3/c1-22(2)23(3)10-11-24(22,21(30)26-13-14-4-6-15(25)7-5-14)20-19(23)27-17-9-8-16(29(31)32)12-18(17)28-20/h4-9,12H,10-11,13H2,1-3H3,(H,26,30). The van der Waals surface area contributed by atoms with E-state index in [1.165, 1.54) is 12.1 Å². The van der Waals surface area contributed by atoms with Crippen LogP contribution in [0.4, 0.5) is 5.69 Å². The van der Waals surface area contributed by atoms with Gasteiger partial charge in [0.1, 0.15) is 0 Å². The highest BCUT2D eigenvalue weighted by molar-refractivity contribution is 6.30. The number of amides is 1. The fourth-order valence-electron chi connectivity index (χ4n) is 5.64. The van der Waals surface area contributed by atoms with Gasteiger partial charge in [-0.3, -0.25) is 14.9 Å². The van der Waals surface area contributed by atoms with Gasteiger partial charge in [-0.1, -0.05) is 44.5 Å². The highest BCUT2D eigenvalue weighted by Gasteiger charge is 2.73. The van der Waals surface area contributed by atoms with E-state index < -0.39 is 15.8 Å². The number of halogens is 1. The molecule has 2 aliphatic rings. The third kappa shape index (κ3) is 2.57. The largest absolute Gasteiger partial charge is 0.351 e. The molecule has 2 aromatic carbocycles. The summed E-state index contributed by atoms with van der Waals surface area (Å²) in [5, 5.41) is 15.0. The van der Waals surface area contributed by atoms with Crippen LogP contribution in [0.1, 0.15) is 50.6 Å². The Kier molecular flexibility index (Phi) is 4.37. The molecule has 1 fully saturated rings. The van der Waals surface area contributed by atoms with Gasteiger partial charge >= 0.3 is 0 Å². The van der Waals surface area contributed by atoms with Crippen molar-refractivity contribution in [3.63, 3.8) is 0 Å². The van der Waals surface area contributed by atoms with Crippen LogP contribution in [0.25, 0.3) is 11.0 Å². The van der Waals surface area contributed by atoms with Gasteiger partial charge in [0.25, 0.3) is 5.69 Å². The van der Waals surface area contributed by atoms with Gasteiger partial charge in [0, 0.05) is 29.1 Å². The van der Waals surface area contributed by atoms with Crippen molar-refractivity contribution in [1.29, 1.82) is 0 Å². The van der Waals surface area contributed by atoms with Crippen molar-refractivity contribution in [3.8, 4) is 0 Å². The lowest BCUT2D eigenvalue weighted by molar-refractivity contribution is -0.384. The number of nitro groups is 1. The SMILES string of the molecule is CC12CCC(C(=O)NCc3ccc(Cl)cc3)(c3nc4cc([N+](=O)[O-])ccc4nc31)C2(C)C. The first kappa shape index (κ1) is 20.8. The second kappa shape index (κ2) is 6.72. The second-order valence-corrected chi connectivity index (χ2v) is 9.96. The number of rotatable bonds is 4. The zero-order valence-electron chi connectivity index (χ0n) is 18.1. The van der Waals surface area contributed by atoms with Gasteiger partial charge in [-0.25, -0.2) is 9.97 Å². The maximum absolute atomic E-state index is 13.8. The van der Waals surface area contributed by atoms with Gasteiger partial charge < -0.3 is 5.32 Å². The van der Waals surface area contributed by atoms with Gasteiger partial charge in [0.15, 0.2) is 0 Å². The first-order valence-corrected chi connectivity index (χ1v) is 11.0. The molecule has 1 saturated carbocycles. The third-order valence-electron chi connectivity index (χ3n) is 7.99. The number of hydrogen-bond acceptors (Lipinski definition) is 5. The van der Waals surface area contributed by atoms with Gasteiger partial charge in [-0.2, -0.15) is 0 Å². The summed E-state index contributed by atoms with van der Waals surface area (Å²) in [6.45, 7) is 6.75. The molecule has 5 rings (SSSR count). The molecule has 1 amide bonds. The number of fused-ring (bicyclic) bond motifs is 6. The Morgan fingerprint density at radius 1 is 1.06 bits per heavy atom. The van der Waals surface area contributed by atoms with E-state index in [9.17, 15) is 14.9 Å². The second-order valence-electron chi connectivity index (χ2n) is 9.52. The molecule has 164 valence electrons. The molecule has 0 radical (unpaired) electrons. The number of nitrogens with one attached hydrogen (secondary N) is 1. The lowest BCUT2D eigenvalue weighted by Gasteiger charge is -2.39. The highest BCUT2D eigenvalue weighted by Crippen LogP contribution is 2.70. The van der Waals surface area contributed by atoms with E-state index in [4.69, 9.17) is 21.6 Å². The van der Waals surface area contributed by atoms with Gasteiger partial charge in [0.2, 0.25) is 5.91 Å². The molecule has 2 aliphatic carbocycles. The Morgan fingerprint density at radius 3 is 2.44 bits per heavy atom. The summed E-state index contributed by atoms with van der Waals surface area (Å²) >= 11 is 5.97. The van der Waals surface area contributed by atoms with Crippen molar-refractivity contribution < 1.29 is 9.72 Å². The molecule has 2 bridgehead atoms. The minimum Gasteiger partial charge on any atom is -0.351 e. The van der Waals surface area contributed by atoms with E-state index >= 15 is 0 Å². The Hall–Kier alpha value is -3.06. The number of aromatic nitrogens is 2. The molecule has 32 heavy (non-hydrogen) atoms. The molecule has 0 spiro atoms. The van der Waals surface area contributed by atoms with E-state index in [0.717, 1.165) is 17.7 Å². The Bertz CT molecular complexity index is 1290. The average molecular weight is 451 g/mol. The summed E-state index contributed by atoms with van der Waals surface area (Å²) in [6, 6.07) is 11.9. The third-order valence-corrected chi connectivity index (χ3v) is 8.24. The Morgan fingerprint density at radius 2 is 1.75 bits per heavy atom. The Labute approximate surface area is 190 Å². The van der Waals surface area contributed by atoms with Crippen LogP contribution >= 0.6 is 11.6 Å². The summed E-state index contributed by atoms with van der Waals surface area (Å²) in [4.78, 5) is 34.3. The number of carbonyl (C=O) groups excluding carboxylic acids is 1. The molecule has 1 heterocycles. The van der Waals surface area contributed by atoms with E-state index in [1.807, 2.05) is 12.1 Å². The van der Waals surface area contributed by atoms with Crippen molar-refractivity contribution in [2.45, 2.75) is 51.0 Å². The molecular formula is C24H23ClN4O3. The predicted molar refractivity (Wildman–Crippen MR) is 122 cm³/mol. The highest BCUT2D eigenvalue weighted by atomic mass is 35.5. The maximum Gasteiger partial charge on any atom is 0.271 e. The topological polar surface area (TPSA) is 98.0 Å². The number of benzene rings is 2. The van der Waals surface area contributed by atoms with Crippen LogP contribution in [-0.4, -0.2) is 20.8 Å². The number of nitrogens with zero attached hydrogens (tertiary/aromatic N) is 3. The zero-order valence-corrected chi connectivity index (χ0v) is 18.9. The van der Waals surface area contributed by atoms with Gasteiger partial charge in [0.05, 0.1) is 32.8 Å². The first-order valence-electron chi connectivity index (χ1n) is 10.6. The molecule has 3 aromatic rings. The Balaban J connectivity index is 1.61. The van der Waals surface area contributed by atoms with Crippen molar-refractivity contribution in [2.75, 3.05) is 0 Å². The molecule has 2 unspecified atom stereocenters. The molecule has 1 N–H and O–H groups in total. The van der Waals surface area contributed by atoms with Crippen LogP contribution in [0, 0.1) is 15.5 Å². The first-order chi connectivity index (χ1) is 15.1. The number of hydrogen-bond donors (Lipinski definition) is 1. The number of nitro benzene ring substituents is 1. The monoisotopic (exact) mass is 450 g/mol. The quantitative estimate of drug-likeness (QED) is 0.453. The summed E-state index contributed by atoms with van der Waals surface area (Å²) in [7, 11) is 0. The fraction of sp³-hybridized carbons (Fsp3) is 0.375. The van der Waals surface area contributed by atoms with E-state index in [-0.39, 0.29) is 17.0 Å². The number of non-ortho nitro benzene ring substituents is 1. The minimum atomic E-state index is -0.852. The molecule has 0 aliphatic heterocycles. The summed E-state index contributed by atoms with van der Waals surface area (Å²) in [6.07, 6.45) is 1.49. The van der Waals surface area contributed by atoms with Crippen molar-refractivity contribution in [3.05, 3.63) is 74.6 Å². The van der Waals surface area contributed by atoms with Crippen LogP contribution in [0.3, 0.4) is 0 Å². The lowest BCUT2D eigenvalue weighted by Crippen LogP contribution is -2.51. The van der Waals surface area contributed by atoms with Crippen LogP contribution in [0.15, 0.2) is 42.5 Å². The van der Waals surface area contributed by atoms with Crippen LogP contribution in [0.2, 0.25) is 5.02 Å². The van der Waals surface area contributed by atoms with Gasteiger partial charge in [-0.15, -0.1) is 0 Å².